The number of hydrogen-bond acceptors (Lipinski definition) is 2. The molecule has 0 radical (unpaired) electrons. The first-order valence-corrected chi connectivity index (χ1v) is 9.85. The Morgan fingerprint density at radius 1 is 0.742 bits per heavy atom. The van der Waals surface area contributed by atoms with E-state index >= 15 is 0 Å². The average molecular weight is 578 g/mol. The van der Waals surface area contributed by atoms with Crippen molar-refractivity contribution < 1.29 is 21.1 Å². The molecular formula is C28H18N2Pt. The van der Waals surface area contributed by atoms with Crippen LogP contribution in [0.4, 0.5) is 5.69 Å². The van der Waals surface area contributed by atoms with Crippen molar-refractivity contribution in [2.45, 2.75) is 0 Å². The summed E-state index contributed by atoms with van der Waals surface area (Å²) in [4.78, 5) is 9.26. The SMILES string of the molecule is [Pt+2].[c-]1c(C=Nc2ccc3ccccc3c2-c2[c-]cccc2)cccc1-c1ccccn1. The second kappa shape index (κ2) is 9.64. The molecule has 3 heteroatoms. The van der Waals surface area contributed by atoms with Crippen molar-refractivity contribution >= 4 is 22.7 Å². The normalized spacial score (nSPS) is 10.8. The predicted molar refractivity (Wildman–Crippen MR) is 124 cm³/mol. The summed E-state index contributed by atoms with van der Waals surface area (Å²) in [6.45, 7) is 0. The smallest absolute Gasteiger partial charge is 0.304 e. The van der Waals surface area contributed by atoms with Gasteiger partial charge in [-0.05, 0) is 23.7 Å². The maximum Gasteiger partial charge on any atom is 2.00 e. The van der Waals surface area contributed by atoms with Crippen LogP contribution in [-0.4, -0.2) is 11.2 Å². The number of pyridine rings is 1. The zero-order valence-corrected chi connectivity index (χ0v) is 18.9. The van der Waals surface area contributed by atoms with Crippen molar-refractivity contribution in [3.8, 4) is 22.4 Å². The molecule has 0 bridgehead atoms. The van der Waals surface area contributed by atoms with Gasteiger partial charge in [0.25, 0.3) is 0 Å². The van der Waals surface area contributed by atoms with Gasteiger partial charge in [-0.2, -0.15) is 0 Å². The molecule has 0 saturated carbocycles. The summed E-state index contributed by atoms with van der Waals surface area (Å²) in [6, 6.07) is 39.3. The Kier molecular flexibility index (Phi) is 6.50. The van der Waals surface area contributed by atoms with Crippen molar-refractivity contribution in [3.63, 3.8) is 0 Å². The molecule has 2 nitrogen and oxygen atoms in total. The molecule has 0 aliphatic heterocycles. The van der Waals surface area contributed by atoms with Gasteiger partial charge in [-0.15, -0.1) is 65.7 Å². The first-order valence-electron chi connectivity index (χ1n) is 9.85. The van der Waals surface area contributed by atoms with E-state index in [1.807, 2.05) is 60.8 Å². The van der Waals surface area contributed by atoms with E-state index < -0.39 is 0 Å². The van der Waals surface area contributed by atoms with Gasteiger partial charge in [-0.3, -0.25) is 4.98 Å². The summed E-state index contributed by atoms with van der Waals surface area (Å²) in [5, 5.41) is 2.35. The number of rotatable bonds is 4. The maximum atomic E-state index is 4.84. The first-order chi connectivity index (χ1) is 14.9. The number of benzene rings is 4. The summed E-state index contributed by atoms with van der Waals surface area (Å²) in [6.07, 6.45) is 3.66. The third-order valence-corrected chi connectivity index (χ3v) is 4.99. The summed E-state index contributed by atoms with van der Waals surface area (Å²) in [7, 11) is 0. The quantitative estimate of drug-likeness (QED) is 0.168. The molecule has 0 spiro atoms. The van der Waals surface area contributed by atoms with Crippen molar-refractivity contribution in [1.29, 1.82) is 0 Å². The number of nitrogens with zero attached hydrogens (tertiary/aromatic N) is 2. The molecule has 1 aromatic heterocycles. The third-order valence-electron chi connectivity index (χ3n) is 4.99. The van der Waals surface area contributed by atoms with Crippen molar-refractivity contribution in [2.75, 3.05) is 0 Å². The van der Waals surface area contributed by atoms with Crippen LogP contribution in [0.25, 0.3) is 33.2 Å². The minimum Gasteiger partial charge on any atom is -0.304 e. The summed E-state index contributed by atoms with van der Waals surface area (Å²) < 4.78 is 0. The largest absolute Gasteiger partial charge is 2.00 e. The molecule has 0 amide bonds. The minimum atomic E-state index is 0. The molecule has 0 aliphatic rings. The Hall–Kier alpha value is -3.35. The van der Waals surface area contributed by atoms with Gasteiger partial charge in [0.05, 0.1) is 0 Å². The zero-order chi connectivity index (χ0) is 20.2. The fourth-order valence-electron chi connectivity index (χ4n) is 3.57. The predicted octanol–water partition coefficient (Wildman–Crippen LogP) is 6.92. The van der Waals surface area contributed by atoms with Gasteiger partial charge in [0.2, 0.25) is 0 Å². The van der Waals surface area contributed by atoms with Gasteiger partial charge in [0.1, 0.15) is 0 Å². The standard InChI is InChI=1S/C28H18N2.Pt/c1-2-11-23(12-3-1)28-25-14-5-4-10-22(25)16-17-27(28)30-20-21-9-8-13-24(19-21)26-15-6-7-18-29-26;/h1-11,13-18,20H;/q-2;+2. The fourth-order valence-corrected chi connectivity index (χ4v) is 3.57. The molecule has 0 saturated heterocycles. The third kappa shape index (κ3) is 4.55. The van der Waals surface area contributed by atoms with Crippen LogP contribution >= 0.6 is 0 Å². The van der Waals surface area contributed by atoms with E-state index in [2.05, 4.69) is 59.6 Å². The summed E-state index contributed by atoms with van der Waals surface area (Å²) in [5.74, 6) is 0. The second-order valence-electron chi connectivity index (χ2n) is 6.95. The van der Waals surface area contributed by atoms with E-state index in [1.165, 1.54) is 10.8 Å². The molecule has 150 valence electrons. The van der Waals surface area contributed by atoms with Crippen molar-refractivity contribution in [2.24, 2.45) is 4.99 Å². The molecule has 0 unspecified atom stereocenters. The Bertz CT molecular complexity index is 1330. The Morgan fingerprint density at radius 3 is 2.42 bits per heavy atom. The number of hydrogen-bond donors (Lipinski definition) is 0. The van der Waals surface area contributed by atoms with E-state index in [0.29, 0.717) is 0 Å². The van der Waals surface area contributed by atoms with Crippen LogP contribution in [-0.2, 0) is 21.1 Å². The van der Waals surface area contributed by atoms with Crippen LogP contribution in [0.3, 0.4) is 0 Å². The second-order valence-corrected chi connectivity index (χ2v) is 6.95. The van der Waals surface area contributed by atoms with Gasteiger partial charge in [0, 0.05) is 17.6 Å². The molecule has 4 aromatic carbocycles. The summed E-state index contributed by atoms with van der Waals surface area (Å²) in [5.41, 5.74) is 5.80. The minimum absolute atomic E-state index is 0. The van der Waals surface area contributed by atoms with Crippen molar-refractivity contribution in [1.82, 2.24) is 4.98 Å². The number of aromatic nitrogens is 1. The van der Waals surface area contributed by atoms with Gasteiger partial charge in [0.15, 0.2) is 0 Å². The molecule has 0 atom stereocenters. The molecule has 31 heavy (non-hydrogen) atoms. The van der Waals surface area contributed by atoms with Crippen molar-refractivity contribution in [3.05, 3.63) is 121 Å². The number of fused-ring (bicyclic) bond motifs is 1. The molecular weight excluding hydrogens is 559 g/mol. The molecule has 5 rings (SSSR count). The molecule has 0 aliphatic carbocycles. The average Bonchev–Trinajstić information content (AvgIpc) is 2.83. The summed E-state index contributed by atoms with van der Waals surface area (Å²) >= 11 is 0. The van der Waals surface area contributed by atoms with Gasteiger partial charge >= 0.3 is 21.1 Å². The van der Waals surface area contributed by atoms with Crippen LogP contribution in [0.1, 0.15) is 5.56 Å². The fraction of sp³-hybridized carbons (Fsp3) is 0. The van der Waals surface area contributed by atoms with Gasteiger partial charge in [-0.25, -0.2) is 0 Å². The van der Waals surface area contributed by atoms with Gasteiger partial charge in [-0.1, -0.05) is 59.0 Å². The van der Waals surface area contributed by atoms with Crippen LogP contribution < -0.4 is 0 Å². The number of aliphatic imine (C=N–C) groups is 1. The monoisotopic (exact) mass is 577 g/mol. The zero-order valence-electron chi connectivity index (χ0n) is 16.6. The molecule has 0 N–H and O–H groups in total. The van der Waals surface area contributed by atoms with E-state index in [-0.39, 0.29) is 21.1 Å². The topological polar surface area (TPSA) is 25.2 Å². The molecule has 1 heterocycles. The maximum absolute atomic E-state index is 4.84. The van der Waals surface area contributed by atoms with Gasteiger partial charge < -0.3 is 4.99 Å². The molecule has 0 fully saturated rings. The van der Waals surface area contributed by atoms with Crippen LogP contribution in [0, 0.1) is 12.1 Å². The molecule has 5 aromatic rings. The Morgan fingerprint density at radius 2 is 1.58 bits per heavy atom. The van der Waals surface area contributed by atoms with Crippen LogP contribution in [0.2, 0.25) is 0 Å². The van der Waals surface area contributed by atoms with Crippen LogP contribution in [0.5, 0.6) is 0 Å². The van der Waals surface area contributed by atoms with E-state index in [0.717, 1.165) is 33.6 Å². The first kappa shape index (κ1) is 20.9. The van der Waals surface area contributed by atoms with E-state index in [9.17, 15) is 0 Å². The van der Waals surface area contributed by atoms with Crippen LogP contribution in [0.15, 0.2) is 108 Å². The van der Waals surface area contributed by atoms with E-state index in [1.54, 1.807) is 6.20 Å². The van der Waals surface area contributed by atoms with E-state index in [4.69, 9.17) is 4.99 Å². The Labute approximate surface area is 196 Å². The Balaban J connectivity index is 0.00000231.